The number of halogens is 2. The van der Waals surface area contributed by atoms with Gasteiger partial charge in [-0.25, -0.2) is 0 Å². The molecule has 0 aliphatic carbocycles. The number of benzene rings is 1. The maximum atomic E-state index is 12.2. The Hall–Kier alpha value is -2.11. The van der Waals surface area contributed by atoms with Crippen LogP contribution >= 0.6 is 0 Å². The lowest BCUT2D eigenvalue weighted by Crippen LogP contribution is -2.02. The normalized spacial score (nSPS) is 11.3. The number of anilines is 1. The van der Waals surface area contributed by atoms with E-state index in [-0.39, 0.29) is 11.8 Å². The van der Waals surface area contributed by atoms with E-state index in [0.29, 0.717) is 16.9 Å². The van der Waals surface area contributed by atoms with Gasteiger partial charge in [-0.2, -0.15) is 13.9 Å². The number of hydrogen-bond donors (Lipinski definition) is 1. The predicted molar refractivity (Wildman–Crippen MR) is 69.1 cm³/mol. The molecule has 6 heteroatoms. The third kappa shape index (κ3) is 3.01. The first-order valence-corrected chi connectivity index (χ1v) is 5.87. The number of alkyl halides is 2. The van der Waals surface area contributed by atoms with Gasteiger partial charge in [-0.1, -0.05) is 12.1 Å². The van der Waals surface area contributed by atoms with Crippen LogP contribution in [0.25, 0.3) is 11.3 Å². The van der Waals surface area contributed by atoms with Crippen molar-refractivity contribution in [1.29, 1.82) is 0 Å². The standard InChI is InChI=1S/C13H15F2N3O/c1-8(2)18-7-11(16)12(17-18)9-4-3-5-10(6-9)19-13(14)15/h3-8,13H,16H2,1-2H3. The summed E-state index contributed by atoms with van der Waals surface area (Å²) in [5, 5.41) is 4.35. The second-order valence-electron chi connectivity index (χ2n) is 4.41. The molecule has 2 N–H and O–H groups in total. The molecule has 0 spiro atoms. The maximum Gasteiger partial charge on any atom is 0.387 e. The molecule has 0 saturated carbocycles. The van der Waals surface area contributed by atoms with Crippen molar-refractivity contribution in [1.82, 2.24) is 9.78 Å². The zero-order chi connectivity index (χ0) is 14.0. The van der Waals surface area contributed by atoms with Gasteiger partial charge in [0.1, 0.15) is 11.4 Å². The van der Waals surface area contributed by atoms with Crippen LogP contribution in [0.3, 0.4) is 0 Å². The number of rotatable bonds is 4. The van der Waals surface area contributed by atoms with Crippen LogP contribution in [0, 0.1) is 0 Å². The lowest BCUT2D eigenvalue weighted by Gasteiger charge is -2.06. The number of aromatic nitrogens is 2. The molecule has 102 valence electrons. The second-order valence-corrected chi connectivity index (χ2v) is 4.41. The highest BCUT2D eigenvalue weighted by atomic mass is 19.3. The minimum Gasteiger partial charge on any atom is -0.435 e. The van der Waals surface area contributed by atoms with Crippen LogP contribution in [0.5, 0.6) is 5.75 Å². The van der Waals surface area contributed by atoms with E-state index in [2.05, 4.69) is 9.84 Å². The van der Waals surface area contributed by atoms with Crippen molar-refractivity contribution in [3.63, 3.8) is 0 Å². The highest BCUT2D eigenvalue weighted by Gasteiger charge is 2.12. The van der Waals surface area contributed by atoms with Gasteiger partial charge < -0.3 is 10.5 Å². The van der Waals surface area contributed by atoms with Gasteiger partial charge >= 0.3 is 6.61 Å². The van der Waals surface area contributed by atoms with Crippen LogP contribution in [-0.4, -0.2) is 16.4 Å². The fourth-order valence-electron chi connectivity index (χ4n) is 1.71. The number of hydrogen-bond acceptors (Lipinski definition) is 3. The van der Waals surface area contributed by atoms with Crippen molar-refractivity contribution >= 4 is 5.69 Å². The average Bonchev–Trinajstić information content (AvgIpc) is 2.71. The van der Waals surface area contributed by atoms with Crippen molar-refractivity contribution in [2.24, 2.45) is 0 Å². The molecule has 1 aromatic heterocycles. The van der Waals surface area contributed by atoms with Gasteiger partial charge in [0.2, 0.25) is 0 Å². The first kappa shape index (κ1) is 13.3. The molecule has 0 amide bonds. The number of nitrogens with two attached hydrogens (primary N) is 1. The fraction of sp³-hybridized carbons (Fsp3) is 0.308. The lowest BCUT2D eigenvalue weighted by atomic mass is 10.1. The van der Waals surface area contributed by atoms with E-state index < -0.39 is 6.61 Å². The van der Waals surface area contributed by atoms with E-state index >= 15 is 0 Å². The zero-order valence-corrected chi connectivity index (χ0v) is 10.7. The van der Waals surface area contributed by atoms with Crippen LogP contribution in [0.4, 0.5) is 14.5 Å². The highest BCUT2D eigenvalue weighted by molar-refractivity contribution is 5.72. The Bertz CT molecular complexity index is 567. The number of nitrogen functional groups attached to an aromatic ring is 1. The SMILES string of the molecule is CC(C)n1cc(N)c(-c2cccc(OC(F)F)c2)n1. The van der Waals surface area contributed by atoms with E-state index in [1.54, 1.807) is 23.0 Å². The molecular weight excluding hydrogens is 252 g/mol. The number of ether oxygens (including phenoxy) is 1. The molecule has 1 aromatic carbocycles. The molecule has 0 aliphatic rings. The van der Waals surface area contributed by atoms with E-state index in [1.807, 2.05) is 13.8 Å². The number of nitrogens with zero attached hydrogens (tertiary/aromatic N) is 2. The maximum absolute atomic E-state index is 12.2. The quantitative estimate of drug-likeness (QED) is 0.924. The minimum atomic E-state index is -2.85. The summed E-state index contributed by atoms with van der Waals surface area (Å²) in [6.45, 7) is 1.11. The van der Waals surface area contributed by atoms with Crippen molar-refractivity contribution < 1.29 is 13.5 Å². The molecule has 0 atom stereocenters. The Kier molecular flexibility index (Phi) is 3.69. The summed E-state index contributed by atoms with van der Waals surface area (Å²) in [7, 11) is 0. The average molecular weight is 267 g/mol. The van der Waals surface area contributed by atoms with Crippen LogP contribution in [0.1, 0.15) is 19.9 Å². The van der Waals surface area contributed by atoms with Gasteiger partial charge in [-0.3, -0.25) is 4.68 Å². The highest BCUT2D eigenvalue weighted by Crippen LogP contribution is 2.28. The predicted octanol–water partition coefficient (Wildman–Crippen LogP) is 3.31. The molecule has 2 rings (SSSR count). The summed E-state index contributed by atoms with van der Waals surface area (Å²) in [5.74, 6) is 0.0889. The summed E-state index contributed by atoms with van der Waals surface area (Å²) in [6.07, 6.45) is 1.72. The molecule has 0 unspecified atom stereocenters. The van der Waals surface area contributed by atoms with E-state index in [9.17, 15) is 8.78 Å². The molecule has 0 bridgehead atoms. The van der Waals surface area contributed by atoms with Gasteiger partial charge in [-0.05, 0) is 26.0 Å². The zero-order valence-electron chi connectivity index (χ0n) is 10.7. The second kappa shape index (κ2) is 5.26. The van der Waals surface area contributed by atoms with Gasteiger partial charge in [0.15, 0.2) is 0 Å². The summed E-state index contributed by atoms with van der Waals surface area (Å²) < 4.78 is 30.4. The van der Waals surface area contributed by atoms with E-state index in [0.717, 1.165) is 0 Å². The Morgan fingerprint density at radius 1 is 1.32 bits per heavy atom. The topological polar surface area (TPSA) is 53.1 Å². The smallest absolute Gasteiger partial charge is 0.387 e. The summed E-state index contributed by atoms with van der Waals surface area (Å²) in [6, 6.07) is 6.51. The third-order valence-corrected chi connectivity index (χ3v) is 2.62. The molecule has 0 aliphatic heterocycles. The van der Waals surface area contributed by atoms with Crippen LogP contribution in [0.2, 0.25) is 0 Å². The third-order valence-electron chi connectivity index (χ3n) is 2.62. The summed E-state index contributed by atoms with van der Waals surface area (Å²) in [4.78, 5) is 0. The van der Waals surface area contributed by atoms with Crippen LogP contribution in [-0.2, 0) is 0 Å². The van der Waals surface area contributed by atoms with Crippen molar-refractivity contribution in [3.05, 3.63) is 30.5 Å². The largest absolute Gasteiger partial charge is 0.435 e. The molecule has 19 heavy (non-hydrogen) atoms. The molecule has 4 nitrogen and oxygen atoms in total. The minimum absolute atomic E-state index is 0.0889. The molecule has 0 saturated heterocycles. The first-order chi connectivity index (χ1) is 8.97. The molecule has 1 heterocycles. The van der Waals surface area contributed by atoms with Crippen molar-refractivity contribution in [2.75, 3.05) is 5.73 Å². The van der Waals surface area contributed by atoms with Gasteiger partial charge in [0.25, 0.3) is 0 Å². The summed E-state index contributed by atoms with van der Waals surface area (Å²) >= 11 is 0. The lowest BCUT2D eigenvalue weighted by molar-refractivity contribution is -0.0498. The van der Waals surface area contributed by atoms with E-state index in [4.69, 9.17) is 5.73 Å². The fourth-order valence-corrected chi connectivity index (χ4v) is 1.71. The van der Waals surface area contributed by atoms with Crippen molar-refractivity contribution in [2.45, 2.75) is 26.5 Å². The Morgan fingerprint density at radius 3 is 2.63 bits per heavy atom. The Morgan fingerprint density at radius 2 is 2.05 bits per heavy atom. The molecule has 0 fully saturated rings. The first-order valence-electron chi connectivity index (χ1n) is 5.87. The molecule has 2 aromatic rings. The van der Waals surface area contributed by atoms with E-state index in [1.165, 1.54) is 12.1 Å². The Labute approximate surface area is 109 Å². The van der Waals surface area contributed by atoms with Crippen molar-refractivity contribution in [3.8, 4) is 17.0 Å². The van der Waals surface area contributed by atoms with Gasteiger partial charge in [-0.15, -0.1) is 0 Å². The van der Waals surface area contributed by atoms with Crippen LogP contribution in [0.15, 0.2) is 30.5 Å². The Balaban J connectivity index is 2.36. The van der Waals surface area contributed by atoms with Gasteiger partial charge in [0, 0.05) is 17.8 Å². The van der Waals surface area contributed by atoms with Gasteiger partial charge in [0.05, 0.1) is 5.69 Å². The molecular formula is C13H15F2N3O. The summed E-state index contributed by atoms with van der Waals surface area (Å²) in [5.41, 5.74) is 7.60. The monoisotopic (exact) mass is 267 g/mol. The van der Waals surface area contributed by atoms with Crippen LogP contribution < -0.4 is 10.5 Å². The molecule has 0 radical (unpaired) electrons.